The zero-order chi connectivity index (χ0) is 89.9. The third-order valence-electron chi connectivity index (χ3n) is 23.3. The van der Waals surface area contributed by atoms with Crippen LogP contribution >= 0.6 is 99.7 Å². The normalized spacial score (nSPS) is 10.9. The molecular weight excluding hydrogens is 2120 g/mol. The first-order valence-corrected chi connectivity index (χ1v) is 58.1. The molecule has 14 rings (SSSR count). The van der Waals surface area contributed by atoms with E-state index < -0.39 is 0 Å². The monoisotopic (exact) mass is 2250 g/mol. The summed E-state index contributed by atoms with van der Waals surface area (Å²) in [5.41, 5.74) is 11.3. The van der Waals surface area contributed by atoms with Crippen LogP contribution in [0, 0.1) is 49.4 Å². The number of rotatable bonds is 44. The van der Waals surface area contributed by atoms with Crippen LogP contribution in [0.3, 0.4) is 0 Å². The van der Waals surface area contributed by atoms with Gasteiger partial charge in [-0.1, -0.05) is 395 Å². The van der Waals surface area contributed by atoms with E-state index >= 15 is 0 Å². The Bertz CT molecular complexity index is 4860. The van der Waals surface area contributed by atoms with E-state index in [4.69, 9.17) is 25.7 Å². The second-order valence-electron chi connectivity index (χ2n) is 32.5. The summed E-state index contributed by atoms with van der Waals surface area (Å²) in [7, 11) is -1.24. The summed E-state index contributed by atoms with van der Waals surface area (Å²) in [6.07, 6.45) is 66.6. The van der Waals surface area contributed by atoms with E-state index in [2.05, 4.69) is 346 Å². The fraction of sp³-hybridized carbons (Fsp3) is 0.322. The Morgan fingerprint density at radius 2 is 0.338 bits per heavy atom. The smallest absolute Gasteiger partial charge is 0.365 e. The van der Waals surface area contributed by atoms with Crippen LogP contribution in [0.25, 0.3) is 39.0 Å². The molecular formula is C118H128P4Pt2S6. The molecule has 14 aromatic rings. The largest absolute Gasteiger partial charge is 2.00 e. The first-order chi connectivity index (χ1) is 63.1. The van der Waals surface area contributed by atoms with Crippen LogP contribution < -0.4 is 42.4 Å². The third kappa shape index (κ3) is 30.7. The standard InChI is InChI=1S/2C32H38S3.2C27H26P2.2Pt/c2*1-7-13-17-23-25(19-15-9-3)31(34-27(23)11-5)29-21-22-30(33-29)32-26(20-16-10-4)24(18-14-8-2)28(12-6)35-32;2*1-5-14-24(15-6-1)28(25-16-7-2-8-17-25)22-13-23-29(26-18-9-3-10-19-26)27-20-11-4-12-21-27;;/h2*21-22H,7-10,13-20H2,1-4H3;2*1-12,14-21H,13,22-23H2;;/q2*-2;;;2*+2. The Labute approximate surface area is 842 Å². The molecule has 0 N–H and O–H groups in total. The average Bonchev–Trinajstić information content (AvgIpc) is 1.62. The molecule has 0 saturated carbocycles. The summed E-state index contributed by atoms with van der Waals surface area (Å²) in [5.74, 6) is 11.1. The van der Waals surface area contributed by atoms with E-state index in [1.165, 1.54) is 266 Å². The zero-order valence-corrected chi connectivity index (χ0v) is 90.5. The molecule has 0 nitrogen and oxygen atoms in total. The van der Waals surface area contributed by atoms with Crippen molar-refractivity contribution in [1.82, 2.24) is 0 Å². The Morgan fingerprint density at radius 1 is 0.192 bits per heavy atom. The van der Waals surface area contributed by atoms with Gasteiger partial charge in [0.25, 0.3) is 0 Å². The molecule has 0 aliphatic rings. The van der Waals surface area contributed by atoms with Crippen LogP contribution in [0.1, 0.15) is 235 Å². The minimum Gasteiger partial charge on any atom is -0.365 e. The predicted molar refractivity (Wildman–Crippen MR) is 581 cm³/mol. The van der Waals surface area contributed by atoms with Crippen LogP contribution in [0.4, 0.5) is 0 Å². The summed E-state index contributed by atoms with van der Waals surface area (Å²) in [5, 5.41) is 11.9. The van der Waals surface area contributed by atoms with E-state index in [-0.39, 0.29) is 73.8 Å². The van der Waals surface area contributed by atoms with Gasteiger partial charge in [-0.25, -0.2) is 45.3 Å². The summed E-state index contributed by atoms with van der Waals surface area (Å²) in [4.78, 5) is 14.8. The molecule has 6 heterocycles. The van der Waals surface area contributed by atoms with Gasteiger partial charge in [-0.2, -0.15) is 0 Å². The molecule has 130 heavy (non-hydrogen) atoms. The molecule has 0 atom stereocenters. The maximum Gasteiger partial charge on any atom is 2.00 e. The Kier molecular flexibility index (Phi) is 49.3. The van der Waals surface area contributed by atoms with E-state index in [9.17, 15) is 0 Å². The Balaban J connectivity index is 0.000000195. The second kappa shape index (κ2) is 59.9. The minimum atomic E-state index is -0.309. The maximum atomic E-state index is 7.95. The Hall–Kier alpha value is -6.70. The molecule has 0 saturated heterocycles. The molecule has 0 amide bonds. The summed E-state index contributed by atoms with van der Waals surface area (Å²) in [6, 6.07) is 97.7. The van der Waals surface area contributed by atoms with Crippen molar-refractivity contribution in [1.29, 1.82) is 0 Å². The molecule has 0 unspecified atom stereocenters. The molecule has 0 radical (unpaired) electrons. The van der Waals surface area contributed by atoms with Gasteiger partial charge in [-0.3, -0.25) is 23.7 Å². The van der Waals surface area contributed by atoms with Gasteiger partial charge in [0, 0.05) is 39.0 Å². The summed E-state index contributed by atoms with van der Waals surface area (Å²) in [6.45, 7) is 18.0. The van der Waals surface area contributed by atoms with Gasteiger partial charge in [0.1, 0.15) is 0 Å². The number of benzene rings is 8. The van der Waals surface area contributed by atoms with Gasteiger partial charge in [0.2, 0.25) is 0 Å². The average molecular weight is 2250 g/mol. The minimum absolute atomic E-state index is 0. The van der Waals surface area contributed by atoms with Crippen molar-refractivity contribution in [2.45, 2.75) is 222 Å². The van der Waals surface area contributed by atoms with Crippen molar-refractivity contribution >= 4 is 142 Å². The van der Waals surface area contributed by atoms with Gasteiger partial charge in [-0.15, -0.1) is 44.9 Å². The Morgan fingerprint density at radius 3 is 0.477 bits per heavy atom. The van der Waals surface area contributed by atoms with E-state index in [1.54, 1.807) is 45.3 Å². The summed E-state index contributed by atoms with van der Waals surface area (Å²) < 4.78 is 0. The second-order valence-corrected chi connectivity index (χ2v) is 48.1. The van der Waals surface area contributed by atoms with Crippen LogP contribution in [-0.4, -0.2) is 24.6 Å². The van der Waals surface area contributed by atoms with Crippen LogP contribution in [0.15, 0.2) is 267 Å². The molecule has 0 aliphatic carbocycles. The van der Waals surface area contributed by atoms with Crippen molar-refractivity contribution in [3.8, 4) is 62.7 Å². The zero-order valence-electron chi connectivity index (χ0n) is 77.5. The number of hydrogen-bond acceptors (Lipinski definition) is 6. The van der Waals surface area contributed by atoms with Gasteiger partial charge < -0.3 is 25.7 Å². The van der Waals surface area contributed by atoms with Crippen LogP contribution in [0.2, 0.25) is 0 Å². The van der Waals surface area contributed by atoms with Gasteiger partial charge in [0.15, 0.2) is 0 Å². The third-order valence-corrected chi connectivity index (χ3v) is 41.4. The molecule has 676 valence electrons. The number of unbranched alkanes of at least 4 members (excludes halogenated alkanes) is 8. The van der Waals surface area contributed by atoms with Crippen molar-refractivity contribution in [3.05, 3.63) is 357 Å². The predicted octanol–water partition coefficient (Wildman–Crippen LogP) is 32.2. The first-order valence-electron chi connectivity index (χ1n) is 47.1. The number of hydrogen-bond donors (Lipinski definition) is 0. The fourth-order valence-electron chi connectivity index (χ4n) is 16.6. The fourth-order valence-corrected chi connectivity index (χ4v) is 33.8. The molecule has 0 spiro atoms. The summed E-state index contributed by atoms with van der Waals surface area (Å²) >= 11 is 10.8. The van der Waals surface area contributed by atoms with Crippen molar-refractivity contribution in [2.75, 3.05) is 24.6 Å². The van der Waals surface area contributed by atoms with Crippen LogP contribution in [-0.2, 0) is 93.5 Å². The molecule has 12 heteroatoms. The SMILES string of the molecule is [C-]#Cc1sc(-c2ccc(-c3sc(C#[C-])c(CCCC)c3CCCC)s2)c(CCCC)c1CCCC.[C-]#Cc1sc(-c2ccc(-c3sc(C#[C-])c(CCCC)c3CCCC)s2)c(CCCC)c1CCCC.[Pt+2].[Pt+2].c1ccc(P(CCCP(c2ccccc2)c2ccccc2)c2ccccc2)cc1.c1ccc(P(CCCP(c2ccccc2)c2ccccc2)c2ccccc2)cc1. The molecule has 6 aromatic heterocycles. The quantitative estimate of drug-likeness (QED) is 0.0203. The maximum absolute atomic E-state index is 7.95. The topological polar surface area (TPSA) is 0 Å². The molecule has 0 fully saturated rings. The molecule has 0 aliphatic heterocycles. The molecule has 8 aromatic carbocycles. The molecule has 0 bridgehead atoms. The van der Waals surface area contributed by atoms with Crippen molar-refractivity contribution in [3.63, 3.8) is 0 Å². The van der Waals surface area contributed by atoms with Gasteiger partial charge in [0.05, 0.1) is 0 Å². The van der Waals surface area contributed by atoms with E-state index in [1.807, 2.05) is 22.7 Å². The first kappa shape index (κ1) is 107. The van der Waals surface area contributed by atoms with Crippen molar-refractivity contribution < 1.29 is 42.1 Å². The number of thiophene rings is 6. The van der Waals surface area contributed by atoms with E-state index in [0.717, 1.165) is 70.9 Å². The van der Waals surface area contributed by atoms with E-state index in [0.29, 0.717) is 0 Å². The van der Waals surface area contributed by atoms with Gasteiger partial charge in [-0.05, 0) is 235 Å². The van der Waals surface area contributed by atoms with Gasteiger partial charge >= 0.3 is 42.1 Å². The van der Waals surface area contributed by atoms with Crippen molar-refractivity contribution in [2.24, 2.45) is 0 Å². The van der Waals surface area contributed by atoms with Crippen LogP contribution in [0.5, 0.6) is 0 Å².